The summed E-state index contributed by atoms with van der Waals surface area (Å²) in [4.78, 5) is 21.6. The zero-order valence-corrected chi connectivity index (χ0v) is 20.3. The molecule has 186 valence electrons. The van der Waals surface area contributed by atoms with Crippen LogP contribution in [0, 0.1) is 0 Å². The molecule has 5 aromatic rings. The average Bonchev–Trinajstić information content (AvgIpc) is 3.70. The zero-order chi connectivity index (χ0) is 24.9. The molecule has 2 aliphatic heterocycles. The number of benzene rings is 3. The molecule has 3 aromatic carbocycles. The van der Waals surface area contributed by atoms with E-state index in [0.29, 0.717) is 30.0 Å². The SMILES string of the molecule is O=c1[nH]cc(-c2ccc(-c3ccc(-c4cc5nc(OC6CO[C@@H]7CCO[C@H]67)[nH]c5cc4Cl)cc3)cc2)o1. The van der Waals surface area contributed by atoms with Crippen molar-refractivity contribution in [2.75, 3.05) is 13.2 Å². The van der Waals surface area contributed by atoms with Crippen LogP contribution in [0.15, 0.2) is 76.1 Å². The van der Waals surface area contributed by atoms with Crippen LogP contribution in [0.1, 0.15) is 6.42 Å². The highest BCUT2D eigenvalue weighted by Gasteiger charge is 2.43. The van der Waals surface area contributed by atoms with Gasteiger partial charge in [0.05, 0.1) is 35.0 Å². The molecule has 0 spiro atoms. The molecule has 0 amide bonds. The van der Waals surface area contributed by atoms with Gasteiger partial charge in [-0.05, 0) is 35.2 Å². The summed E-state index contributed by atoms with van der Waals surface area (Å²) in [5.41, 5.74) is 6.39. The van der Waals surface area contributed by atoms with Crippen LogP contribution in [0.5, 0.6) is 6.01 Å². The van der Waals surface area contributed by atoms with Gasteiger partial charge in [-0.3, -0.25) is 4.98 Å². The number of halogens is 1. The molecule has 37 heavy (non-hydrogen) atoms. The Morgan fingerprint density at radius 2 is 1.68 bits per heavy atom. The van der Waals surface area contributed by atoms with E-state index in [1.165, 1.54) is 0 Å². The summed E-state index contributed by atoms with van der Waals surface area (Å²) in [6.45, 7) is 1.20. The van der Waals surface area contributed by atoms with Crippen molar-refractivity contribution in [2.45, 2.75) is 24.7 Å². The van der Waals surface area contributed by atoms with Crippen molar-refractivity contribution in [3.63, 3.8) is 0 Å². The molecule has 0 radical (unpaired) electrons. The minimum atomic E-state index is -0.467. The molecule has 1 unspecified atom stereocenters. The summed E-state index contributed by atoms with van der Waals surface area (Å²) in [6.07, 6.45) is 2.35. The third-order valence-electron chi connectivity index (χ3n) is 6.95. The van der Waals surface area contributed by atoms with Gasteiger partial charge in [0.2, 0.25) is 0 Å². The minimum Gasteiger partial charge on any atom is -0.456 e. The van der Waals surface area contributed by atoms with Gasteiger partial charge >= 0.3 is 5.76 Å². The molecule has 0 saturated carbocycles. The lowest BCUT2D eigenvalue weighted by Gasteiger charge is -2.15. The van der Waals surface area contributed by atoms with Gasteiger partial charge in [0.1, 0.15) is 6.10 Å². The van der Waals surface area contributed by atoms with Gasteiger partial charge in [0.25, 0.3) is 6.01 Å². The number of aromatic nitrogens is 3. The van der Waals surface area contributed by atoms with Gasteiger partial charge < -0.3 is 23.6 Å². The summed E-state index contributed by atoms with van der Waals surface area (Å²) < 4.78 is 22.7. The Hall–Kier alpha value is -3.85. The molecule has 2 aromatic heterocycles. The van der Waals surface area contributed by atoms with E-state index in [-0.39, 0.29) is 18.3 Å². The average molecular weight is 516 g/mol. The lowest BCUT2D eigenvalue weighted by atomic mass is 9.99. The summed E-state index contributed by atoms with van der Waals surface area (Å²) in [5, 5.41) is 0.621. The van der Waals surface area contributed by atoms with E-state index in [1.807, 2.05) is 48.5 Å². The quantitative estimate of drug-likeness (QED) is 0.323. The molecule has 4 heterocycles. The van der Waals surface area contributed by atoms with Gasteiger partial charge in [-0.25, -0.2) is 4.79 Å². The summed E-state index contributed by atoms with van der Waals surface area (Å²) in [5.74, 6) is 0.0434. The lowest BCUT2D eigenvalue weighted by molar-refractivity contribution is 0.0273. The fourth-order valence-corrected chi connectivity index (χ4v) is 5.33. The predicted molar refractivity (Wildman–Crippen MR) is 139 cm³/mol. The van der Waals surface area contributed by atoms with Gasteiger partial charge in [-0.2, -0.15) is 4.98 Å². The number of hydrogen-bond acceptors (Lipinski definition) is 6. The number of nitrogens with zero attached hydrogens (tertiary/aromatic N) is 1. The topological polar surface area (TPSA) is 102 Å². The first-order valence-electron chi connectivity index (χ1n) is 12.1. The maximum atomic E-state index is 11.3. The van der Waals surface area contributed by atoms with E-state index in [2.05, 4.69) is 27.1 Å². The number of ether oxygens (including phenoxy) is 3. The fraction of sp³-hybridized carbons (Fsp3) is 0.214. The number of hydrogen-bond donors (Lipinski definition) is 2. The van der Waals surface area contributed by atoms with E-state index in [4.69, 9.17) is 30.2 Å². The first-order chi connectivity index (χ1) is 18.1. The van der Waals surface area contributed by atoms with Crippen LogP contribution in [-0.2, 0) is 9.47 Å². The summed E-state index contributed by atoms with van der Waals surface area (Å²) in [6, 6.07) is 20.3. The van der Waals surface area contributed by atoms with Crippen LogP contribution < -0.4 is 10.5 Å². The molecule has 9 heteroatoms. The monoisotopic (exact) mass is 515 g/mol. The van der Waals surface area contributed by atoms with Crippen LogP contribution in [0.25, 0.3) is 44.6 Å². The van der Waals surface area contributed by atoms with Crippen LogP contribution in [0.4, 0.5) is 0 Å². The first kappa shape index (κ1) is 22.4. The second-order valence-corrected chi connectivity index (χ2v) is 9.65. The van der Waals surface area contributed by atoms with Gasteiger partial charge in [0.15, 0.2) is 11.9 Å². The maximum Gasteiger partial charge on any atom is 0.416 e. The lowest BCUT2D eigenvalue weighted by Crippen LogP contribution is -2.32. The van der Waals surface area contributed by atoms with Gasteiger partial charge in [-0.1, -0.05) is 60.1 Å². The molecule has 0 bridgehead atoms. The third-order valence-corrected chi connectivity index (χ3v) is 7.27. The summed E-state index contributed by atoms with van der Waals surface area (Å²) >= 11 is 6.66. The van der Waals surface area contributed by atoms with Crippen molar-refractivity contribution in [1.82, 2.24) is 15.0 Å². The Labute approximate surface area is 216 Å². The minimum absolute atomic E-state index is 0.0450. The molecule has 2 N–H and O–H groups in total. The largest absolute Gasteiger partial charge is 0.456 e. The molecule has 0 aliphatic carbocycles. The molecule has 2 saturated heterocycles. The van der Waals surface area contributed by atoms with Crippen molar-refractivity contribution >= 4 is 22.6 Å². The number of rotatable bonds is 5. The van der Waals surface area contributed by atoms with E-state index in [9.17, 15) is 4.79 Å². The highest BCUT2D eigenvalue weighted by molar-refractivity contribution is 6.34. The van der Waals surface area contributed by atoms with E-state index in [0.717, 1.165) is 45.3 Å². The van der Waals surface area contributed by atoms with Crippen molar-refractivity contribution in [3.05, 3.63) is 82.4 Å². The number of nitrogens with one attached hydrogen (secondary N) is 2. The normalized spacial score (nSPS) is 20.9. The molecular weight excluding hydrogens is 494 g/mol. The molecule has 2 fully saturated rings. The Kier molecular flexibility index (Phi) is 5.39. The number of fused-ring (bicyclic) bond motifs is 2. The zero-order valence-electron chi connectivity index (χ0n) is 19.6. The van der Waals surface area contributed by atoms with Crippen LogP contribution in [0.2, 0.25) is 5.02 Å². The van der Waals surface area contributed by atoms with Crippen LogP contribution in [-0.4, -0.2) is 46.5 Å². The molecule has 7 rings (SSSR count). The molecule has 3 atom stereocenters. The predicted octanol–water partition coefficient (Wildman–Crippen LogP) is 5.43. The summed E-state index contributed by atoms with van der Waals surface area (Å²) in [7, 11) is 0. The fourth-order valence-electron chi connectivity index (χ4n) is 5.05. The number of aromatic amines is 2. The van der Waals surface area contributed by atoms with Gasteiger partial charge in [-0.15, -0.1) is 0 Å². The molecular formula is C28H22ClN3O5. The maximum absolute atomic E-state index is 11.3. The van der Waals surface area contributed by atoms with Crippen molar-refractivity contribution in [3.8, 4) is 39.6 Å². The number of imidazole rings is 1. The second kappa shape index (κ2) is 8.92. The highest BCUT2D eigenvalue weighted by Crippen LogP contribution is 2.35. The van der Waals surface area contributed by atoms with E-state index in [1.54, 1.807) is 6.20 Å². The molecule has 8 nitrogen and oxygen atoms in total. The van der Waals surface area contributed by atoms with Crippen LogP contribution in [0.3, 0.4) is 0 Å². The molecule has 2 aliphatic rings. The Balaban J connectivity index is 1.12. The van der Waals surface area contributed by atoms with Crippen molar-refractivity contribution < 1.29 is 18.6 Å². The smallest absolute Gasteiger partial charge is 0.416 e. The Morgan fingerprint density at radius 1 is 0.946 bits per heavy atom. The van der Waals surface area contributed by atoms with Crippen LogP contribution >= 0.6 is 11.6 Å². The standard InChI is InChI=1S/C28H22ClN3O5/c29-20-12-22-21(31-27(32-22)36-25-14-35-23-9-10-34-26(23)25)11-19(20)17-5-1-15(2-6-17)16-3-7-18(8-4-16)24-13-30-28(33)37-24/h1-8,11-13,23,25-26H,9-10,14H2,(H,30,33)(H,31,32)/t23-,25?,26+/m1/s1. The first-order valence-corrected chi connectivity index (χ1v) is 12.5. The van der Waals surface area contributed by atoms with E-state index >= 15 is 0 Å². The second-order valence-electron chi connectivity index (χ2n) is 9.24. The Bertz CT molecular complexity index is 1640. The van der Waals surface area contributed by atoms with Crippen molar-refractivity contribution in [1.29, 1.82) is 0 Å². The Morgan fingerprint density at radius 3 is 2.41 bits per heavy atom. The number of H-pyrrole nitrogens is 2. The third kappa shape index (κ3) is 4.13. The highest BCUT2D eigenvalue weighted by atomic mass is 35.5. The van der Waals surface area contributed by atoms with E-state index < -0.39 is 5.76 Å². The number of oxazole rings is 1. The van der Waals surface area contributed by atoms with Gasteiger partial charge in [0, 0.05) is 17.7 Å². The van der Waals surface area contributed by atoms with Crippen molar-refractivity contribution in [2.24, 2.45) is 0 Å².